The van der Waals surface area contributed by atoms with E-state index in [4.69, 9.17) is 21.8 Å². The Bertz CT molecular complexity index is 627. The predicted octanol–water partition coefficient (Wildman–Crippen LogP) is 2.11. The summed E-state index contributed by atoms with van der Waals surface area (Å²) in [5.41, 5.74) is 7.97. The molecule has 0 spiro atoms. The summed E-state index contributed by atoms with van der Waals surface area (Å²) in [5.74, 6) is 0.684. The summed E-state index contributed by atoms with van der Waals surface area (Å²) in [6.45, 7) is 6.15. The zero-order chi connectivity index (χ0) is 13.3. The Kier molecular flexibility index (Phi) is 3.73. The van der Waals surface area contributed by atoms with Crippen LogP contribution in [0.2, 0.25) is 0 Å². The van der Waals surface area contributed by atoms with E-state index in [-0.39, 0.29) is 5.03 Å². The molecule has 0 aromatic carbocycles. The Morgan fingerprint density at radius 1 is 1.67 bits per heavy atom. The zero-order valence-corrected chi connectivity index (χ0v) is 10.9. The van der Waals surface area contributed by atoms with Crippen molar-refractivity contribution in [3.8, 4) is 0 Å². The van der Waals surface area contributed by atoms with Crippen LogP contribution >= 0.6 is 11.6 Å². The predicted molar refractivity (Wildman–Crippen MR) is 72.0 cm³/mol. The van der Waals surface area contributed by atoms with Crippen molar-refractivity contribution in [2.24, 2.45) is 5.73 Å². The smallest absolute Gasteiger partial charge is 0.139 e. The van der Waals surface area contributed by atoms with Crippen molar-refractivity contribution < 1.29 is 8.81 Å². The van der Waals surface area contributed by atoms with Crippen molar-refractivity contribution in [1.29, 1.82) is 0 Å². The molecule has 1 aromatic rings. The standard InChI is InChI=1S/C14H15ClFNO/c1-8-5-11(7-17)18-14(8)9(2)10-3-4-13(16)12(15)6-10/h3,5-6,13H,1,4,7,17H2,2H3. The van der Waals surface area contributed by atoms with Gasteiger partial charge in [0.1, 0.15) is 17.3 Å². The van der Waals surface area contributed by atoms with Gasteiger partial charge in [0.05, 0.1) is 11.6 Å². The van der Waals surface area contributed by atoms with E-state index in [0.29, 0.717) is 24.1 Å². The summed E-state index contributed by atoms with van der Waals surface area (Å²) >= 11 is 5.83. The fourth-order valence-corrected chi connectivity index (χ4v) is 2.14. The largest absolute Gasteiger partial charge is 0.459 e. The van der Waals surface area contributed by atoms with Crippen LogP contribution in [0.3, 0.4) is 0 Å². The fraction of sp³-hybridized carbons (Fsp3) is 0.286. The summed E-state index contributed by atoms with van der Waals surface area (Å²) in [4.78, 5) is 0. The van der Waals surface area contributed by atoms with E-state index in [1.165, 1.54) is 0 Å². The molecule has 4 heteroatoms. The van der Waals surface area contributed by atoms with E-state index in [9.17, 15) is 4.39 Å². The molecule has 1 atom stereocenters. The monoisotopic (exact) mass is 267 g/mol. The number of alkyl halides is 1. The summed E-state index contributed by atoms with van der Waals surface area (Å²) in [6, 6.07) is 1.81. The molecule has 1 aliphatic rings. The number of rotatable bonds is 2. The molecule has 1 unspecified atom stereocenters. The highest BCUT2D eigenvalue weighted by Crippen LogP contribution is 2.27. The average molecular weight is 268 g/mol. The van der Waals surface area contributed by atoms with Gasteiger partial charge in [-0.15, -0.1) is 0 Å². The van der Waals surface area contributed by atoms with Crippen LogP contribution in [0.15, 0.2) is 33.2 Å². The van der Waals surface area contributed by atoms with Gasteiger partial charge in [0.2, 0.25) is 0 Å². The molecule has 2 rings (SSSR count). The lowest BCUT2D eigenvalue weighted by Crippen LogP contribution is -2.21. The molecule has 18 heavy (non-hydrogen) atoms. The number of furan rings is 1. The van der Waals surface area contributed by atoms with Crippen LogP contribution in [0.1, 0.15) is 19.1 Å². The van der Waals surface area contributed by atoms with E-state index in [0.717, 1.165) is 16.4 Å². The van der Waals surface area contributed by atoms with Gasteiger partial charge in [-0.05, 0) is 30.2 Å². The normalized spacial score (nSPS) is 21.4. The Hall–Kier alpha value is -1.32. The van der Waals surface area contributed by atoms with Gasteiger partial charge in [-0.2, -0.15) is 0 Å². The van der Waals surface area contributed by atoms with Gasteiger partial charge in [0.15, 0.2) is 0 Å². The summed E-state index contributed by atoms with van der Waals surface area (Å²) in [5, 5.41) is 1.00. The third kappa shape index (κ3) is 2.42. The minimum atomic E-state index is -1.10. The molecule has 0 amide bonds. The van der Waals surface area contributed by atoms with Crippen molar-refractivity contribution in [2.45, 2.75) is 26.1 Å². The van der Waals surface area contributed by atoms with Gasteiger partial charge in [0, 0.05) is 11.6 Å². The van der Waals surface area contributed by atoms with E-state index in [2.05, 4.69) is 6.58 Å². The van der Waals surface area contributed by atoms with Crippen LogP contribution in [0.5, 0.6) is 0 Å². The van der Waals surface area contributed by atoms with Gasteiger partial charge < -0.3 is 10.2 Å². The first-order valence-corrected chi connectivity index (χ1v) is 6.11. The van der Waals surface area contributed by atoms with Crippen molar-refractivity contribution >= 4 is 23.8 Å². The Labute approximate surface area is 110 Å². The lowest BCUT2D eigenvalue weighted by Gasteiger charge is -2.12. The van der Waals surface area contributed by atoms with Gasteiger partial charge in [-0.25, -0.2) is 4.39 Å². The number of allylic oxidation sites excluding steroid dienone is 4. The highest BCUT2D eigenvalue weighted by atomic mass is 35.5. The average Bonchev–Trinajstić information content (AvgIpc) is 2.73. The van der Waals surface area contributed by atoms with E-state index < -0.39 is 6.17 Å². The molecule has 1 aromatic heterocycles. The molecule has 0 aliphatic heterocycles. The Morgan fingerprint density at radius 3 is 2.94 bits per heavy atom. The lowest BCUT2D eigenvalue weighted by atomic mass is 9.99. The second-order valence-corrected chi connectivity index (χ2v) is 4.72. The van der Waals surface area contributed by atoms with Gasteiger partial charge in [-0.1, -0.05) is 24.3 Å². The topological polar surface area (TPSA) is 39.2 Å². The molecule has 1 heterocycles. The van der Waals surface area contributed by atoms with E-state index >= 15 is 0 Å². The molecule has 0 saturated carbocycles. The SMILES string of the molecule is C=c1cc(CN)oc1=C(C)C1=CCC(F)C(Cl)=C1. The molecular weight excluding hydrogens is 253 g/mol. The van der Waals surface area contributed by atoms with Crippen LogP contribution in [0.25, 0.3) is 12.2 Å². The van der Waals surface area contributed by atoms with Crippen molar-refractivity contribution in [3.63, 3.8) is 0 Å². The first-order valence-electron chi connectivity index (χ1n) is 5.73. The Balaban J connectivity index is 2.51. The van der Waals surface area contributed by atoms with Crippen LogP contribution in [0, 0.1) is 0 Å². The quantitative estimate of drug-likeness (QED) is 0.891. The fourth-order valence-electron chi connectivity index (χ4n) is 1.94. The second kappa shape index (κ2) is 5.12. The molecule has 0 saturated heterocycles. The van der Waals surface area contributed by atoms with Crippen LogP contribution < -0.4 is 16.4 Å². The summed E-state index contributed by atoms with van der Waals surface area (Å²) in [6.07, 6.45) is 2.64. The minimum Gasteiger partial charge on any atom is -0.459 e. The number of hydrogen-bond donors (Lipinski definition) is 1. The molecule has 1 aliphatic carbocycles. The highest BCUT2D eigenvalue weighted by Gasteiger charge is 2.16. The van der Waals surface area contributed by atoms with Crippen molar-refractivity contribution in [1.82, 2.24) is 0 Å². The van der Waals surface area contributed by atoms with Crippen LogP contribution in [-0.2, 0) is 6.54 Å². The molecule has 0 radical (unpaired) electrons. The number of hydrogen-bond acceptors (Lipinski definition) is 2. The Morgan fingerprint density at radius 2 is 2.39 bits per heavy atom. The summed E-state index contributed by atoms with van der Waals surface area (Å²) < 4.78 is 18.9. The van der Waals surface area contributed by atoms with Crippen molar-refractivity contribution in [2.75, 3.05) is 0 Å². The number of nitrogens with two attached hydrogens (primary N) is 1. The maximum absolute atomic E-state index is 13.2. The maximum atomic E-state index is 13.2. The molecule has 2 nitrogen and oxygen atoms in total. The number of halogens is 2. The lowest BCUT2D eigenvalue weighted by molar-refractivity contribution is 0.394. The molecule has 2 N–H and O–H groups in total. The maximum Gasteiger partial charge on any atom is 0.139 e. The minimum absolute atomic E-state index is 0.225. The third-order valence-electron chi connectivity index (χ3n) is 2.97. The van der Waals surface area contributed by atoms with Crippen LogP contribution in [0.4, 0.5) is 4.39 Å². The zero-order valence-electron chi connectivity index (χ0n) is 10.2. The van der Waals surface area contributed by atoms with E-state index in [1.807, 2.05) is 19.1 Å². The van der Waals surface area contributed by atoms with Crippen molar-refractivity contribution in [3.05, 3.63) is 45.2 Å². The summed E-state index contributed by atoms with van der Waals surface area (Å²) in [7, 11) is 0. The van der Waals surface area contributed by atoms with Gasteiger partial charge in [0.25, 0.3) is 0 Å². The first kappa shape index (κ1) is 13.1. The first-order chi connectivity index (χ1) is 8.52. The molecular formula is C14H15ClFNO. The molecule has 0 fully saturated rings. The molecule has 96 valence electrons. The van der Waals surface area contributed by atoms with Gasteiger partial charge >= 0.3 is 0 Å². The van der Waals surface area contributed by atoms with Gasteiger partial charge in [-0.3, -0.25) is 0 Å². The highest BCUT2D eigenvalue weighted by molar-refractivity contribution is 6.30. The van der Waals surface area contributed by atoms with E-state index in [1.54, 1.807) is 6.08 Å². The second-order valence-electron chi connectivity index (χ2n) is 4.29. The molecule has 0 bridgehead atoms. The van der Waals surface area contributed by atoms with Crippen LogP contribution in [-0.4, -0.2) is 6.17 Å². The third-order valence-corrected chi connectivity index (χ3v) is 3.32.